The van der Waals surface area contributed by atoms with Gasteiger partial charge < -0.3 is 14.2 Å². The van der Waals surface area contributed by atoms with Gasteiger partial charge in [-0.3, -0.25) is 14.6 Å². The van der Waals surface area contributed by atoms with Crippen LogP contribution >= 0.6 is 0 Å². The van der Waals surface area contributed by atoms with Gasteiger partial charge in [0.25, 0.3) is 0 Å². The van der Waals surface area contributed by atoms with E-state index in [-0.39, 0.29) is 24.4 Å². The molecule has 1 aliphatic heterocycles. The van der Waals surface area contributed by atoms with E-state index in [2.05, 4.69) is 13.8 Å². The summed E-state index contributed by atoms with van der Waals surface area (Å²) >= 11 is 0. The number of ketones is 1. The fraction of sp³-hybridized carbons (Fsp3) is 0.303. The Morgan fingerprint density at radius 1 is 0.872 bits per heavy atom. The van der Waals surface area contributed by atoms with Crippen molar-refractivity contribution in [3.63, 3.8) is 0 Å². The Bertz CT molecular complexity index is 1410. The number of rotatable bonds is 8. The van der Waals surface area contributed by atoms with Gasteiger partial charge in [0.2, 0.25) is 0 Å². The molecule has 5 rings (SSSR count). The number of ether oxygens (including phenoxy) is 3. The van der Waals surface area contributed by atoms with Gasteiger partial charge in [-0.1, -0.05) is 62.4 Å². The molecule has 0 radical (unpaired) electrons. The van der Waals surface area contributed by atoms with Crippen molar-refractivity contribution in [1.29, 1.82) is 0 Å². The van der Waals surface area contributed by atoms with Gasteiger partial charge in [0.15, 0.2) is 5.78 Å². The molecule has 39 heavy (non-hydrogen) atoms. The zero-order chi connectivity index (χ0) is 27.4. The quantitative estimate of drug-likeness (QED) is 0.237. The van der Waals surface area contributed by atoms with E-state index < -0.39 is 17.8 Å². The lowest BCUT2D eigenvalue weighted by atomic mass is 9.67. The van der Waals surface area contributed by atoms with Crippen molar-refractivity contribution < 1.29 is 23.8 Å². The van der Waals surface area contributed by atoms with Crippen LogP contribution in [0.3, 0.4) is 0 Å². The summed E-state index contributed by atoms with van der Waals surface area (Å²) in [5.74, 6) is 0.426. The lowest BCUT2D eigenvalue weighted by Crippen LogP contribution is -2.39. The van der Waals surface area contributed by atoms with Crippen LogP contribution in [0.15, 0.2) is 101 Å². The average molecular weight is 524 g/mol. The Morgan fingerprint density at radius 3 is 2.26 bits per heavy atom. The fourth-order valence-corrected chi connectivity index (χ4v) is 5.41. The number of hydrogen-bond donors (Lipinski definition) is 0. The first-order valence-corrected chi connectivity index (χ1v) is 13.3. The van der Waals surface area contributed by atoms with Crippen LogP contribution in [0.5, 0.6) is 17.2 Å². The van der Waals surface area contributed by atoms with Gasteiger partial charge in [0.1, 0.15) is 36.4 Å². The maximum Gasteiger partial charge on any atom is 0.315 e. The van der Waals surface area contributed by atoms with E-state index in [4.69, 9.17) is 19.2 Å². The fourth-order valence-electron chi connectivity index (χ4n) is 5.41. The van der Waals surface area contributed by atoms with Gasteiger partial charge in [0, 0.05) is 29.3 Å². The standard InChI is InChI=1S/C33H33NO5/c1-22-29(32(36)38-18-17-37-24-12-6-4-7-13-24)30(31-27(34-22)20-33(2,3)21-28(31)35)23-11-10-16-26(19-23)39-25-14-8-5-9-15-25/h4-16,19,29-30H,17-18,20-21H2,1-3H3/t29?,30-/m0/s1. The number of aliphatic imine (C=N–C) groups is 1. The smallest absolute Gasteiger partial charge is 0.315 e. The van der Waals surface area contributed by atoms with E-state index in [9.17, 15) is 9.59 Å². The van der Waals surface area contributed by atoms with E-state index in [0.717, 1.165) is 11.3 Å². The van der Waals surface area contributed by atoms with Crippen LogP contribution in [0, 0.1) is 11.3 Å². The van der Waals surface area contributed by atoms with Crippen LogP contribution < -0.4 is 9.47 Å². The van der Waals surface area contributed by atoms with Crippen LogP contribution in [0.25, 0.3) is 0 Å². The van der Waals surface area contributed by atoms with Gasteiger partial charge >= 0.3 is 5.97 Å². The first-order valence-electron chi connectivity index (χ1n) is 13.3. The van der Waals surface area contributed by atoms with Crippen molar-refractivity contribution in [3.05, 3.63) is 102 Å². The molecule has 0 aromatic heterocycles. The second-order valence-corrected chi connectivity index (χ2v) is 10.8. The maximum atomic E-state index is 13.6. The summed E-state index contributed by atoms with van der Waals surface area (Å²) in [5.41, 5.74) is 2.65. The topological polar surface area (TPSA) is 74.2 Å². The third-order valence-electron chi connectivity index (χ3n) is 7.09. The van der Waals surface area contributed by atoms with Crippen LogP contribution in [-0.2, 0) is 14.3 Å². The molecule has 6 heteroatoms. The normalized spacial score (nSPS) is 20.1. The molecule has 0 saturated heterocycles. The van der Waals surface area contributed by atoms with Crippen molar-refractivity contribution in [3.8, 4) is 17.2 Å². The van der Waals surface area contributed by atoms with E-state index in [1.54, 1.807) is 0 Å². The molecule has 3 aromatic rings. The first kappa shape index (κ1) is 26.4. The number of allylic oxidation sites excluding steroid dienone is 2. The summed E-state index contributed by atoms with van der Waals surface area (Å²) in [4.78, 5) is 31.9. The molecule has 2 aliphatic rings. The van der Waals surface area contributed by atoms with E-state index in [1.165, 1.54) is 0 Å². The van der Waals surface area contributed by atoms with Gasteiger partial charge in [-0.25, -0.2) is 0 Å². The summed E-state index contributed by atoms with van der Waals surface area (Å²) in [7, 11) is 0. The minimum atomic E-state index is -0.724. The van der Waals surface area contributed by atoms with Crippen molar-refractivity contribution in [1.82, 2.24) is 0 Å². The Morgan fingerprint density at radius 2 is 1.54 bits per heavy atom. The molecule has 0 fully saturated rings. The highest BCUT2D eigenvalue weighted by molar-refractivity contribution is 6.09. The van der Waals surface area contributed by atoms with Gasteiger partial charge in [-0.05, 0) is 60.7 Å². The minimum Gasteiger partial charge on any atom is -0.490 e. The number of nitrogens with zero attached hydrogens (tertiary/aromatic N) is 1. The predicted molar refractivity (Wildman–Crippen MR) is 150 cm³/mol. The largest absolute Gasteiger partial charge is 0.490 e. The van der Waals surface area contributed by atoms with Gasteiger partial charge in [-0.15, -0.1) is 0 Å². The van der Waals surface area contributed by atoms with Crippen molar-refractivity contribution in [2.24, 2.45) is 16.3 Å². The van der Waals surface area contributed by atoms with Crippen LogP contribution in [-0.4, -0.2) is 30.7 Å². The molecule has 0 spiro atoms. The summed E-state index contributed by atoms with van der Waals surface area (Å²) in [6.45, 7) is 6.32. The third-order valence-corrected chi connectivity index (χ3v) is 7.09. The molecule has 0 bridgehead atoms. The SMILES string of the molecule is CC1=NC2=C(C(=O)CC(C)(C)C2)[C@@H](c2cccc(Oc3ccccc3)c2)C1C(=O)OCCOc1ccccc1. The number of hydrogen-bond acceptors (Lipinski definition) is 6. The molecule has 200 valence electrons. The monoisotopic (exact) mass is 523 g/mol. The Labute approximate surface area is 229 Å². The van der Waals surface area contributed by atoms with Crippen molar-refractivity contribution >= 4 is 17.5 Å². The van der Waals surface area contributed by atoms with Gasteiger partial charge in [-0.2, -0.15) is 0 Å². The number of benzene rings is 3. The molecule has 3 aromatic carbocycles. The highest BCUT2D eigenvalue weighted by atomic mass is 16.6. The Balaban J connectivity index is 1.43. The predicted octanol–water partition coefficient (Wildman–Crippen LogP) is 6.92. The number of Topliss-reactive ketones (excluding diaryl/α,β-unsaturated/α-hetero) is 1. The Hall–Kier alpha value is -4.19. The van der Waals surface area contributed by atoms with E-state index in [1.807, 2.05) is 91.9 Å². The Kier molecular flexibility index (Phi) is 7.64. The first-order chi connectivity index (χ1) is 18.8. The highest BCUT2D eigenvalue weighted by Gasteiger charge is 2.46. The number of carbonyl (C=O) groups is 2. The third kappa shape index (κ3) is 6.11. The summed E-state index contributed by atoms with van der Waals surface area (Å²) in [5, 5.41) is 0. The molecule has 0 N–H and O–H groups in total. The number of carbonyl (C=O) groups excluding carboxylic acids is 2. The molecule has 0 saturated carbocycles. The van der Waals surface area contributed by atoms with Crippen LogP contribution in [0.1, 0.15) is 45.1 Å². The molecule has 2 atom stereocenters. The molecule has 6 nitrogen and oxygen atoms in total. The second kappa shape index (κ2) is 11.3. The molecular formula is C33H33NO5. The number of para-hydroxylation sites is 2. The van der Waals surface area contributed by atoms with E-state index >= 15 is 0 Å². The summed E-state index contributed by atoms with van der Waals surface area (Å²) in [6, 6.07) is 26.5. The summed E-state index contributed by atoms with van der Waals surface area (Å²) in [6.07, 6.45) is 1.08. The lowest BCUT2D eigenvalue weighted by molar-refractivity contribution is -0.147. The van der Waals surface area contributed by atoms with Crippen LogP contribution in [0.4, 0.5) is 0 Å². The molecule has 0 amide bonds. The molecule has 1 unspecified atom stereocenters. The maximum absolute atomic E-state index is 13.6. The second-order valence-electron chi connectivity index (χ2n) is 10.8. The summed E-state index contributed by atoms with van der Waals surface area (Å²) < 4.78 is 17.5. The van der Waals surface area contributed by atoms with E-state index in [0.29, 0.717) is 41.4 Å². The zero-order valence-corrected chi connectivity index (χ0v) is 22.6. The van der Waals surface area contributed by atoms with Crippen LogP contribution in [0.2, 0.25) is 0 Å². The highest BCUT2D eigenvalue weighted by Crippen LogP contribution is 2.48. The number of esters is 1. The van der Waals surface area contributed by atoms with Gasteiger partial charge in [0.05, 0.1) is 0 Å². The molecule has 1 aliphatic carbocycles. The van der Waals surface area contributed by atoms with Crippen molar-refractivity contribution in [2.75, 3.05) is 13.2 Å². The zero-order valence-electron chi connectivity index (χ0n) is 22.6. The molecular weight excluding hydrogens is 490 g/mol. The lowest BCUT2D eigenvalue weighted by Gasteiger charge is -2.39. The minimum absolute atomic E-state index is 0.0297. The van der Waals surface area contributed by atoms with Crippen molar-refractivity contribution in [2.45, 2.75) is 39.5 Å². The molecule has 1 heterocycles. The average Bonchev–Trinajstić information content (AvgIpc) is 2.91.